The smallest absolute Gasteiger partial charge is 0.258 e. The van der Waals surface area contributed by atoms with Crippen LogP contribution in [0.1, 0.15) is 20.8 Å². The molecule has 130 valence electrons. The quantitative estimate of drug-likeness (QED) is 0.475. The molecule has 1 heterocycles. The average Bonchev–Trinajstić information content (AvgIpc) is 2.54. The molecule has 3 atom stereocenters. The highest BCUT2D eigenvalue weighted by Gasteiger charge is 2.52. The molecule has 1 N–H and O–H groups in total. The number of rotatable bonds is 6. The molecule has 0 aliphatic carbocycles. The summed E-state index contributed by atoms with van der Waals surface area (Å²) in [6, 6.07) is 7.61. The van der Waals surface area contributed by atoms with Crippen molar-refractivity contribution in [1.29, 1.82) is 0 Å². The monoisotopic (exact) mass is 348 g/mol. The van der Waals surface area contributed by atoms with Gasteiger partial charge in [-0.25, -0.2) is 0 Å². The van der Waals surface area contributed by atoms with E-state index in [2.05, 4.69) is 26.1 Å². The van der Waals surface area contributed by atoms with Crippen LogP contribution in [-0.2, 0) is 14.4 Å². The Morgan fingerprint density at radius 3 is 2.50 bits per heavy atom. The van der Waals surface area contributed by atoms with Crippen molar-refractivity contribution in [1.82, 2.24) is 9.88 Å². The number of benzene rings is 1. The number of β-lactam (4-membered cyclic amide) rings is 1. The first kappa shape index (κ1) is 18.2. The lowest BCUT2D eigenvalue weighted by molar-refractivity contribution is -0.149. The lowest BCUT2D eigenvalue weighted by Gasteiger charge is -2.50. The molecule has 0 radical (unpaired) electrons. The van der Waals surface area contributed by atoms with Gasteiger partial charge in [-0.05, 0) is 17.2 Å². The molecule has 1 unspecified atom stereocenters. The van der Waals surface area contributed by atoms with Crippen LogP contribution in [0.25, 0.3) is 0 Å². The Kier molecular flexibility index (Phi) is 5.43. The molecule has 0 spiro atoms. The molecule has 1 aliphatic heterocycles. The number of hydrogen-bond acceptors (Lipinski definition) is 4. The predicted molar refractivity (Wildman–Crippen MR) is 93.3 cm³/mol. The molecule has 0 bridgehead atoms. The molecule has 1 saturated heterocycles. The number of para-hydroxylation sites is 1. The zero-order valence-electron chi connectivity index (χ0n) is 14.5. The van der Waals surface area contributed by atoms with Crippen LogP contribution in [-0.4, -0.2) is 50.3 Å². The Balaban J connectivity index is 1.92. The van der Waals surface area contributed by atoms with Crippen LogP contribution in [0.5, 0.6) is 5.75 Å². The summed E-state index contributed by atoms with van der Waals surface area (Å²) in [6.45, 7) is 8.06. The molecular formula is C17H24N2O4Si. The van der Waals surface area contributed by atoms with E-state index in [0.29, 0.717) is 5.75 Å². The van der Waals surface area contributed by atoms with Crippen molar-refractivity contribution in [3.63, 3.8) is 0 Å². The Labute approximate surface area is 143 Å². The number of carbonyl (C=O) groups is 3. The van der Waals surface area contributed by atoms with E-state index in [0.717, 1.165) is 6.29 Å². The summed E-state index contributed by atoms with van der Waals surface area (Å²) in [5, 5.41) is 2.60. The molecule has 0 saturated carbocycles. The molecular weight excluding hydrogens is 324 g/mol. The maximum absolute atomic E-state index is 12.4. The van der Waals surface area contributed by atoms with E-state index in [-0.39, 0.29) is 17.6 Å². The number of hydrogen-bond donors (Lipinski definition) is 1. The van der Waals surface area contributed by atoms with E-state index in [1.54, 1.807) is 16.7 Å². The topological polar surface area (TPSA) is 75.7 Å². The second kappa shape index (κ2) is 7.17. The normalized spacial score (nSPS) is 21.7. The summed E-state index contributed by atoms with van der Waals surface area (Å²) >= 11 is 0. The number of aldehydes is 1. The zero-order chi connectivity index (χ0) is 17.9. The number of nitrogens with one attached hydrogen (secondary N) is 1. The number of carbonyl (C=O) groups excluding carboxylic acids is 3. The molecule has 2 rings (SSSR count). The minimum Gasteiger partial charge on any atom is -0.484 e. The van der Waals surface area contributed by atoms with Crippen LogP contribution in [0.3, 0.4) is 0 Å². The van der Waals surface area contributed by atoms with Crippen LogP contribution >= 0.6 is 0 Å². The van der Waals surface area contributed by atoms with Gasteiger partial charge < -0.3 is 19.4 Å². The molecule has 1 aromatic rings. The molecule has 2 amide bonds. The Hall–Kier alpha value is -2.15. The lowest BCUT2D eigenvalue weighted by Crippen LogP contribution is -2.75. The second-order valence-electron chi connectivity index (χ2n) is 7.06. The minimum absolute atomic E-state index is 0.0116. The van der Waals surface area contributed by atoms with Gasteiger partial charge in [0, 0.05) is 0 Å². The predicted octanol–water partition coefficient (Wildman–Crippen LogP) is 1.11. The molecule has 0 aromatic heterocycles. The van der Waals surface area contributed by atoms with E-state index >= 15 is 0 Å². The van der Waals surface area contributed by atoms with Crippen LogP contribution in [0.15, 0.2) is 30.3 Å². The number of amides is 2. The average molecular weight is 348 g/mol. The highest BCUT2D eigenvalue weighted by Crippen LogP contribution is 2.34. The van der Waals surface area contributed by atoms with Crippen molar-refractivity contribution in [2.45, 2.75) is 44.4 Å². The van der Waals surface area contributed by atoms with Gasteiger partial charge in [0.25, 0.3) is 5.91 Å². The van der Waals surface area contributed by atoms with Gasteiger partial charge >= 0.3 is 0 Å². The van der Waals surface area contributed by atoms with Crippen LogP contribution in [0.2, 0.25) is 11.6 Å². The van der Waals surface area contributed by atoms with E-state index < -0.39 is 26.9 Å². The first-order chi connectivity index (χ1) is 11.3. The first-order valence-electron chi connectivity index (χ1n) is 8.00. The van der Waals surface area contributed by atoms with Gasteiger partial charge in [-0.15, -0.1) is 0 Å². The van der Waals surface area contributed by atoms with Crippen molar-refractivity contribution < 1.29 is 19.1 Å². The van der Waals surface area contributed by atoms with Crippen molar-refractivity contribution in [2.24, 2.45) is 0 Å². The Morgan fingerprint density at radius 2 is 1.96 bits per heavy atom. The van der Waals surface area contributed by atoms with Gasteiger partial charge in [0.15, 0.2) is 6.61 Å². The fraction of sp³-hybridized carbons (Fsp3) is 0.471. The third-order valence-corrected chi connectivity index (χ3v) is 8.36. The van der Waals surface area contributed by atoms with Gasteiger partial charge in [-0.1, -0.05) is 45.5 Å². The van der Waals surface area contributed by atoms with Crippen molar-refractivity contribution in [2.75, 3.05) is 6.61 Å². The zero-order valence-corrected chi connectivity index (χ0v) is 15.6. The lowest BCUT2D eigenvalue weighted by atomic mass is 10.0. The first-order valence-corrected chi connectivity index (χ1v) is 10.2. The second-order valence-corrected chi connectivity index (χ2v) is 10.7. The third kappa shape index (κ3) is 3.84. The summed E-state index contributed by atoms with van der Waals surface area (Å²) in [5.41, 5.74) is 0. The van der Waals surface area contributed by atoms with E-state index in [9.17, 15) is 14.4 Å². The van der Waals surface area contributed by atoms with E-state index in [4.69, 9.17) is 4.74 Å². The van der Waals surface area contributed by atoms with Gasteiger partial charge in [-0.3, -0.25) is 9.59 Å². The molecule has 1 aliphatic rings. The molecule has 6 nitrogen and oxygen atoms in total. The van der Waals surface area contributed by atoms with Gasteiger partial charge in [0.2, 0.25) is 5.91 Å². The van der Waals surface area contributed by atoms with Gasteiger partial charge in [0.05, 0.1) is 0 Å². The summed E-state index contributed by atoms with van der Waals surface area (Å²) < 4.78 is 7.03. The van der Waals surface area contributed by atoms with Crippen LogP contribution in [0, 0.1) is 0 Å². The Bertz CT molecular complexity index is 615. The van der Waals surface area contributed by atoms with Gasteiger partial charge in [-0.2, -0.15) is 0 Å². The Morgan fingerprint density at radius 1 is 1.33 bits per heavy atom. The number of ether oxygens (including phenoxy) is 1. The largest absolute Gasteiger partial charge is 0.484 e. The van der Waals surface area contributed by atoms with Crippen molar-refractivity contribution in [3.05, 3.63) is 30.3 Å². The molecule has 24 heavy (non-hydrogen) atoms. The van der Waals surface area contributed by atoms with Crippen LogP contribution in [0.4, 0.5) is 0 Å². The van der Waals surface area contributed by atoms with Gasteiger partial charge in [0.1, 0.15) is 33.1 Å². The summed E-state index contributed by atoms with van der Waals surface area (Å²) in [5.74, 6) is -0.00190. The summed E-state index contributed by atoms with van der Waals surface area (Å²) in [7, 11) is -1.61. The highest BCUT2D eigenvalue weighted by molar-refractivity contribution is 6.61. The summed E-state index contributed by atoms with van der Waals surface area (Å²) in [4.78, 5) is 35.8. The SMILES string of the molecule is C[SiH](N1C(=O)[C@@H](NC(=O)COc2ccccc2)[C@H]1C=O)C(C)(C)C. The molecule has 7 heteroatoms. The van der Waals surface area contributed by atoms with Crippen molar-refractivity contribution >= 4 is 27.1 Å². The molecule has 1 aromatic carbocycles. The highest BCUT2D eigenvalue weighted by atomic mass is 28.3. The fourth-order valence-electron chi connectivity index (χ4n) is 2.57. The van der Waals surface area contributed by atoms with E-state index in [1.807, 2.05) is 24.7 Å². The standard InChI is InChI=1S/C17H24N2O4Si/c1-17(2,3)24(4)19-13(10-20)15(16(19)22)18-14(21)11-23-12-8-6-5-7-9-12/h5-10,13,15,24H,11H2,1-4H3,(H,18,21)/t13-,15+,24?/m1/s1. The minimum atomic E-state index is -1.61. The van der Waals surface area contributed by atoms with Crippen LogP contribution < -0.4 is 10.1 Å². The van der Waals surface area contributed by atoms with E-state index in [1.165, 1.54) is 0 Å². The maximum atomic E-state index is 12.4. The number of nitrogens with zero attached hydrogens (tertiary/aromatic N) is 1. The maximum Gasteiger partial charge on any atom is 0.258 e. The van der Waals surface area contributed by atoms with Crippen molar-refractivity contribution in [3.8, 4) is 5.75 Å². The fourth-order valence-corrected chi connectivity index (χ4v) is 4.71. The third-order valence-electron chi connectivity index (χ3n) is 4.42. The summed E-state index contributed by atoms with van der Waals surface area (Å²) in [6.07, 6.45) is 0.750. The molecule has 1 fully saturated rings.